The SMILES string of the molecule is CCC1CN(C(=O)NCC2CCCCC2C(=O)O)CCO1. The smallest absolute Gasteiger partial charge is 0.317 e. The Morgan fingerprint density at radius 2 is 2.10 bits per heavy atom. The molecule has 0 spiro atoms. The molecular formula is C15H26N2O4. The molecule has 2 N–H and O–H groups in total. The van der Waals surface area contributed by atoms with Gasteiger partial charge in [0.05, 0.1) is 18.6 Å². The van der Waals surface area contributed by atoms with Crippen LogP contribution >= 0.6 is 0 Å². The predicted molar refractivity (Wildman–Crippen MR) is 78.1 cm³/mol. The van der Waals surface area contributed by atoms with Crippen molar-refractivity contribution in [3.8, 4) is 0 Å². The van der Waals surface area contributed by atoms with E-state index in [4.69, 9.17) is 4.74 Å². The van der Waals surface area contributed by atoms with Crippen molar-refractivity contribution in [1.29, 1.82) is 0 Å². The maximum absolute atomic E-state index is 12.2. The number of urea groups is 1. The summed E-state index contributed by atoms with van der Waals surface area (Å²) in [4.78, 5) is 25.2. The average molecular weight is 298 g/mol. The standard InChI is InChI=1S/C15H26N2O4/c1-2-12-10-17(7-8-21-12)15(20)16-9-11-5-3-4-6-13(11)14(18)19/h11-13H,2-10H2,1H3,(H,16,20)(H,18,19). The highest BCUT2D eigenvalue weighted by molar-refractivity contribution is 5.74. The number of carboxylic acid groups (broad SMARTS) is 1. The summed E-state index contributed by atoms with van der Waals surface area (Å²) in [5, 5.41) is 12.2. The lowest BCUT2D eigenvalue weighted by molar-refractivity contribution is -0.144. The minimum Gasteiger partial charge on any atom is -0.481 e. The van der Waals surface area contributed by atoms with E-state index in [1.165, 1.54) is 0 Å². The van der Waals surface area contributed by atoms with Gasteiger partial charge in [0.15, 0.2) is 0 Å². The Labute approximate surface area is 125 Å². The molecule has 1 aliphatic heterocycles. The van der Waals surface area contributed by atoms with Gasteiger partial charge in [-0.2, -0.15) is 0 Å². The summed E-state index contributed by atoms with van der Waals surface area (Å²) in [5.41, 5.74) is 0. The van der Waals surface area contributed by atoms with E-state index in [-0.39, 0.29) is 24.0 Å². The van der Waals surface area contributed by atoms with E-state index in [9.17, 15) is 14.7 Å². The van der Waals surface area contributed by atoms with E-state index in [2.05, 4.69) is 5.32 Å². The molecule has 3 atom stereocenters. The minimum atomic E-state index is -0.730. The summed E-state index contributed by atoms with van der Waals surface area (Å²) in [6.07, 6.45) is 4.66. The molecule has 2 amide bonds. The van der Waals surface area contributed by atoms with E-state index in [0.717, 1.165) is 32.1 Å². The summed E-state index contributed by atoms with van der Waals surface area (Å²) in [6.45, 7) is 4.31. The van der Waals surface area contributed by atoms with Crippen molar-refractivity contribution in [3.05, 3.63) is 0 Å². The number of carbonyl (C=O) groups is 2. The molecule has 6 heteroatoms. The molecule has 2 rings (SSSR count). The number of aliphatic carboxylic acids is 1. The van der Waals surface area contributed by atoms with Crippen LogP contribution in [0.25, 0.3) is 0 Å². The number of carbonyl (C=O) groups excluding carboxylic acids is 1. The molecule has 21 heavy (non-hydrogen) atoms. The maximum atomic E-state index is 12.2. The molecular weight excluding hydrogens is 272 g/mol. The lowest BCUT2D eigenvalue weighted by Crippen LogP contribution is -2.50. The van der Waals surface area contributed by atoms with Gasteiger partial charge in [0.2, 0.25) is 0 Å². The molecule has 1 aliphatic carbocycles. The lowest BCUT2D eigenvalue weighted by Gasteiger charge is -2.34. The van der Waals surface area contributed by atoms with Crippen LogP contribution in [0.3, 0.4) is 0 Å². The minimum absolute atomic E-state index is 0.0585. The maximum Gasteiger partial charge on any atom is 0.317 e. The van der Waals surface area contributed by atoms with Crippen LogP contribution in [-0.2, 0) is 9.53 Å². The zero-order valence-electron chi connectivity index (χ0n) is 12.7. The summed E-state index contributed by atoms with van der Waals surface area (Å²) >= 11 is 0. The van der Waals surface area contributed by atoms with Gasteiger partial charge in [0, 0.05) is 19.6 Å². The Bertz CT molecular complexity index is 375. The second-order valence-corrected chi connectivity index (χ2v) is 6.02. The van der Waals surface area contributed by atoms with Crippen molar-refractivity contribution in [2.45, 2.75) is 45.1 Å². The van der Waals surface area contributed by atoms with Gasteiger partial charge in [-0.3, -0.25) is 4.79 Å². The second-order valence-electron chi connectivity index (χ2n) is 6.02. The number of morpholine rings is 1. The van der Waals surface area contributed by atoms with Gasteiger partial charge in [0.1, 0.15) is 0 Å². The molecule has 0 aromatic carbocycles. The molecule has 3 unspecified atom stereocenters. The first-order chi connectivity index (χ1) is 10.1. The van der Waals surface area contributed by atoms with Crippen LogP contribution < -0.4 is 5.32 Å². The Balaban J connectivity index is 1.81. The van der Waals surface area contributed by atoms with Crippen LogP contribution in [0, 0.1) is 11.8 Å². The van der Waals surface area contributed by atoms with Crippen molar-refractivity contribution in [2.75, 3.05) is 26.2 Å². The highest BCUT2D eigenvalue weighted by Gasteiger charge is 2.31. The van der Waals surface area contributed by atoms with E-state index < -0.39 is 5.97 Å². The van der Waals surface area contributed by atoms with Gasteiger partial charge in [-0.15, -0.1) is 0 Å². The molecule has 0 aromatic heterocycles. The van der Waals surface area contributed by atoms with Crippen LogP contribution in [0.4, 0.5) is 4.79 Å². The normalized spacial score (nSPS) is 30.0. The van der Waals surface area contributed by atoms with Gasteiger partial charge in [0.25, 0.3) is 0 Å². The summed E-state index contributed by atoms with van der Waals surface area (Å²) < 4.78 is 5.55. The second kappa shape index (κ2) is 7.64. The fourth-order valence-electron chi connectivity index (χ4n) is 3.26. The number of carboxylic acids is 1. The molecule has 2 fully saturated rings. The number of amides is 2. The number of hydrogen-bond acceptors (Lipinski definition) is 3. The summed E-state index contributed by atoms with van der Waals surface area (Å²) in [5.74, 6) is -0.985. The fourth-order valence-corrected chi connectivity index (χ4v) is 3.26. The molecule has 2 aliphatic rings. The van der Waals surface area contributed by atoms with Crippen molar-refractivity contribution < 1.29 is 19.4 Å². The van der Waals surface area contributed by atoms with Crippen molar-refractivity contribution in [1.82, 2.24) is 10.2 Å². The molecule has 0 bridgehead atoms. The third kappa shape index (κ3) is 4.33. The van der Waals surface area contributed by atoms with Crippen molar-refractivity contribution in [2.24, 2.45) is 11.8 Å². The summed E-state index contributed by atoms with van der Waals surface area (Å²) in [6, 6.07) is -0.0912. The molecule has 120 valence electrons. The van der Waals surface area contributed by atoms with Gasteiger partial charge < -0.3 is 20.1 Å². The first kappa shape index (κ1) is 16.1. The summed E-state index contributed by atoms with van der Waals surface area (Å²) in [7, 11) is 0. The van der Waals surface area contributed by atoms with Crippen LogP contribution in [0.1, 0.15) is 39.0 Å². The van der Waals surface area contributed by atoms with E-state index in [0.29, 0.717) is 26.2 Å². The molecule has 6 nitrogen and oxygen atoms in total. The predicted octanol–water partition coefficient (Wildman–Crippen LogP) is 1.70. The third-order valence-electron chi connectivity index (χ3n) is 4.62. The molecule has 0 radical (unpaired) electrons. The fraction of sp³-hybridized carbons (Fsp3) is 0.867. The molecule has 1 saturated heterocycles. The largest absolute Gasteiger partial charge is 0.481 e. The van der Waals surface area contributed by atoms with Crippen LogP contribution in [0.2, 0.25) is 0 Å². The number of hydrogen-bond donors (Lipinski definition) is 2. The topological polar surface area (TPSA) is 78.9 Å². The third-order valence-corrected chi connectivity index (χ3v) is 4.62. The number of rotatable bonds is 4. The number of nitrogens with one attached hydrogen (secondary N) is 1. The Hall–Kier alpha value is -1.30. The van der Waals surface area contributed by atoms with Gasteiger partial charge in [-0.05, 0) is 25.2 Å². The zero-order valence-corrected chi connectivity index (χ0v) is 12.7. The number of nitrogens with zero attached hydrogens (tertiary/aromatic N) is 1. The van der Waals surface area contributed by atoms with Crippen molar-refractivity contribution >= 4 is 12.0 Å². The first-order valence-electron chi connectivity index (χ1n) is 7.99. The highest BCUT2D eigenvalue weighted by atomic mass is 16.5. The van der Waals surface area contributed by atoms with E-state index >= 15 is 0 Å². The van der Waals surface area contributed by atoms with E-state index in [1.807, 2.05) is 6.92 Å². The Morgan fingerprint density at radius 3 is 2.81 bits per heavy atom. The Morgan fingerprint density at radius 1 is 1.33 bits per heavy atom. The monoisotopic (exact) mass is 298 g/mol. The van der Waals surface area contributed by atoms with Gasteiger partial charge >= 0.3 is 12.0 Å². The zero-order chi connectivity index (χ0) is 15.2. The van der Waals surface area contributed by atoms with E-state index in [1.54, 1.807) is 4.90 Å². The van der Waals surface area contributed by atoms with Crippen LogP contribution in [-0.4, -0.2) is 54.4 Å². The first-order valence-corrected chi connectivity index (χ1v) is 7.99. The van der Waals surface area contributed by atoms with Crippen molar-refractivity contribution in [3.63, 3.8) is 0 Å². The van der Waals surface area contributed by atoms with Crippen LogP contribution in [0.5, 0.6) is 0 Å². The van der Waals surface area contributed by atoms with Crippen LogP contribution in [0.15, 0.2) is 0 Å². The quantitative estimate of drug-likeness (QED) is 0.828. The Kier molecular flexibility index (Phi) is 5.85. The van der Waals surface area contributed by atoms with Gasteiger partial charge in [-0.1, -0.05) is 19.8 Å². The lowest BCUT2D eigenvalue weighted by atomic mass is 9.79. The number of ether oxygens (including phenoxy) is 1. The highest BCUT2D eigenvalue weighted by Crippen LogP contribution is 2.29. The molecule has 1 heterocycles. The average Bonchev–Trinajstić information content (AvgIpc) is 2.52. The van der Waals surface area contributed by atoms with Gasteiger partial charge in [-0.25, -0.2) is 4.79 Å². The molecule has 0 aromatic rings. The molecule has 1 saturated carbocycles.